The summed E-state index contributed by atoms with van der Waals surface area (Å²) in [6, 6.07) is 0. The lowest BCUT2D eigenvalue weighted by Crippen LogP contribution is -2.03. The molecule has 0 fully saturated rings. The molecule has 0 unspecified atom stereocenters. The molecule has 0 aliphatic heterocycles. The zero-order chi connectivity index (χ0) is 8.57. The van der Waals surface area contributed by atoms with Crippen LogP contribution >= 0.6 is 11.6 Å². The van der Waals surface area contributed by atoms with E-state index in [2.05, 4.69) is 11.3 Å². The van der Waals surface area contributed by atoms with E-state index in [1.165, 1.54) is 19.4 Å². The molecule has 0 aromatic rings. The topological polar surface area (TPSA) is 43.4 Å². The van der Waals surface area contributed by atoms with Crippen LogP contribution in [-0.4, -0.2) is 11.9 Å². The maximum atomic E-state index is 9.81. The van der Waals surface area contributed by atoms with Gasteiger partial charge in [0.1, 0.15) is 0 Å². The van der Waals surface area contributed by atoms with Crippen molar-refractivity contribution in [3.8, 4) is 0 Å². The molecule has 0 spiro atoms. The van der Waals surface area contributed by atoms with Crippen LogP contribution in [0.15, 0.2) is 12.1 Å². The van der Waals surface area contributed by atoms with Crippen LogP contribution in [0.25, 0.3) is 0 Å². The van der Waals surface area contributed by atoms with E-state index in [9.17, 15) is 9.59 Å². The van der Waals surface area contributed by atoms with Gasteiger partial charge in [0.05, 0.1) is 0 Å². The minimum Gasteiger partial charge on any atom is -0.394 e. The van der Waals surface area contributed by atoms with Crippen LogP contribution in [0.5, 0.6) is 0 Å². The minimum atomic E-state index is -0.562. The monoisotopic (exact) mass is 164 g/mol. The Balaban J connectivity index is 0. The van der Waals surface area contributed by atoms with E-state index in [1.807, 2.05) is 0 Å². The summed E-state index contributed by atoms with van der Waals surface area (Å²) in [7, 11) is 0. The fourth-order valence-electron chi connectivity index (χ4n) is 0.202. The van der Waals surface area contributed by atoms with Crippen molar-refractivity contribution in [2.24, 2.45) is 0 Å². The molecule has 0 saturated carbocycles. The summed E-state index contributed by atoms with van der Waals surface area (Å²) in [5.74, 6) is -1.12. The SMILES string of the molecule is C=CCl.CC(=O)OC(C)=O. The maximum absolute atomic E-state index is 9.81. The van der Waals surface area contributed by atoms with Crippen molar-refractivity contribution in [3.63, 3.8) is 0 Å². The van der Waals surface area contributed by atoms with Gasteiger partial charge in [0.2, 0.25) is 0 Å². The first-order valence-electron chi connectivity index (χ1n) is 2.44. The zero-order valence-electron chi connectivity index (χ0n) is 5.89. The Hall–Kier alpha value is -0.830. The van der Waals surface area contributed by atoms with Crippen molar-refractivity contribution in [2.45, 2.75) is 13.8 Å². The molecule has 0 radical (unpaired) electrons. The Morgan fingerprint density at radius 3 is 1.60 bits per heavy atom. The van der Waals surface area contributed by atoms with Crippen LogP contribution < -0.4 is 0 Å². The zero-order valence-corrected chi connectivity index (χ0v) is 6.64. The summed E-state index contributed by atoms with van der Waals surface area (Å²) in [4.78, 5) is 19.6. The molecular formula is C6H9ClO3. The standard InChI is InChI=1S/C4H6O3.C2H3Cl/c1-3(5)7-4(2)6;1-2-3/h1-2H3;2H,1H2. The molecule has 0 atom stereocenters. The molecule has 0 amide bonds. The minimum absolute atomic E-state index is 0.562. The third kappa shape index (κ3) is 27.2. The number of carbonyl (C=O) groups excluding carboxylic acids is 2. The molecule has 3 nitrogen and oxygen atoms in total. The molecule has 0 heterocycles. The second kappa shape index (κ2) is 8.17. The molecule has 0 saturated heterocycles. The summed E-state index contributed by atoms with van der Waals surface area (Å²) >= 11 is 4.76. The quantitative estimate of drug-likeness (QED) is 0.402. The first kappa shape index (κ1) is 11.9. The maximum Gasteiger partial charge on any atom is 0.310 e. The lowest BCUT2D eigenvalue weighted by molar-refractivity contribution is -0.156. The van der Waals surface area contributed by atoms with Crippen molar-refractivity contribution in [1.29, 1.82) is 0 Å². The van der Waals surface area contributed by atoms with Crippen molar-refractivity contribution in [1.82, 2.24) is 0 Å². The van der Waals surface area contributed by atoms with Crippen LogP contribution in [0, 0.1) is 0 Å². The second-order valence-electron chi connectivity index (χ2n) is 1.24. The fourth-order valence-corrected chi connectivity index (χ4v) is 0.202. The van der Waals surface area contributed by atoms with Gasteiger partial charge in [-0.05, 0) is 5.54 Å². The van der Waals surface area contributed by atoms with E-state index in [-0.39, 0.29) is 0 Å². The fraction of sp³-hybridized carbons (Fsp3) is 0.333. The van der Waals surface area contributed by atoms with Crippen LogP contribution in [0.4, 0.5) is 0 Å². The third-order valence-corrected chi connectivity index (χ3v) is 0.287. The predicted octanol–water partition coefficient (Wildman–Crippen LogP) is 1.46. The van der Waals surface area contributed by atoms with Gasteiger partial charge in [0, 0.05) is 13.8 Å². The van der Waals surface area contributed by atoms with Gasteiger partial charge >= 0.3 is 11.9 Å². The van der Waals surface area contributed by atoms with Crippen LogP contribution in [0.2, 0.25) is 0 Å². The Kier molecular flexibility index (Phi) is 9.73. The molecule has 0 N–H and O–H groups in total. The van der Waals surface area contributed by atoms with Gasteiger partial charge in [-0.25, -0.2) is 0 Å². The van der Waals surface area contributed by atoms with E-state index in [1.54, 1.807) is 0 Å². The van der Waals surface area contributed by atoms with E-state index in [4.69, 9.17) is 11.6 Å². The number of ether oxygens (including phenoxy) is 1. The number of halogens is 1. The van der Waals surface area contributed by atoms with E-state index in [0.717, 1.165) is 0 Å². The molecule has 0 aromatic carbocycles. The molecule has 0 rings (SSSR count). The normalized spacial score (nSPS) is 6.70. The van der Waals surface area contributed by atoms with Crippen LogP contribution in [0.3, 0.4) is 0 Å². The third-order valence-electron chi connectivity index (χ3n) is 0.287. The number of esters is 2. The Bertz CT molecular complexity index is 119. The second-order valence-corrected chi connectivity index (χ2v) is 1.55. The Morgan fingerprint density at radius 1 is 1.40 bits per heavy atom. The summed E-state index contributed by atoms with van der Waals surface area (Å²) in [6.07, 6.45) is 0. The first-order chi connectivity index (χ1) is 4.54. The molecule has 0 bridgehead atoms. The average molecular weight is 165 g/mol. The molecule has 0 aliphatic rings. The summed E-state index contributed by atoms with van der Waals surface area (Å²) < 4.78 is 3.97. The highest BCUT2D eigenvalue weighted by Crippen LogP contribution is 1.73. The van der Waals surface area contributed by atoms with Crippen LogP contribution in [-0.2, 0) is 14.3 Å². The van der Waals surface area contributed by atoms with E-state index >= 15 is 0 Å². The number of hydrogen-bond acceptors (Lipinski definition) is 3. The van der Waals surface area contributed by atoms with Gasteiger partial charge < -0.3 is 4.74 Å². The summed E-state index contributed by atoms with van der Waals surface area (Å²) in [5, 5.41) is 0. The van der Waals surface area contributed by atoms with Gasteiger partial charge in [-0.1, -0.05) is 18.2 Å². The molecule has 10 heavy (non-hydrogen) atoms. The molecule has 0 aliphatic carbocycles. The van der Waals surface area contributed by atoms with Crippen molar-refractivity contribution < 1.29 is 14.3 Å². The molecular weight excluding hydrogens is 156 g/mol. The number of hydrogen-bond donors (Lipinski definition) is 0. The lowest BCUT2D eigenvalue weighted by Gasteiger charge is -1.87. The first-order valence-corrected chi connectivity index (χ1v) is 2.88. The average Bonchev–Trinajstić information content (AvgIpc) is 1.62. The van der Waals surface area contributed by atoms with E-state index in [0.29, 0.717) is 0 Å². The highest BCUT2D eigenvalue weighted by Gasteiger charge is 1.93. The van der Waals surface area contributed by atoms with Gasteiger partial charge in [-0.2, -0.15) is 0 Å². The largest absolute Gasteiger partial charge is 0.394 e. The number of rotatable bonds is 0. The van der Waals surface area contributed by atoms with E-state index < -0.39 is 11.9 Å². The van der Waals surface area contributed by atoms with Gasteiger partial charge in [0.15, 0.2) is 0 Å². The Labute approximate surface area is 64.6 Å². The summed E-state index contributed by atoms with van der Waals surface area (Å²) in [5.41, 5.74) is 1.22. The summed E-state index contributed by atoms with van der Waals surface area (Å²) in [6.45, 7) is 5.49. The lowest BCUT2D eigenvalue weighted by atomic mass is 10.7. The molecule has 4 heteroatoms. The highest BCUT2D eigenvalue weighted by molar-refractivity contribution is 6.25. The molecule has 0 aromatic heterocycles. The van der Waals surface area contributed by atoms with Crippen molar-refractivity contribution in [3.05, 3.63) is 12.1 Å². The molecule has 58 valence electrons. The van der Waals surface area contributed by atoms with Gasteiger partial charge in [-0.15, -0.1) is 0 Å². The highest BCUT2D eigenvalue weighted by atomic mass is 35.5. The van der Waals surface area contributed by atoms with Crippen molar-refractivity contribution in [2.75, 3.05) is 0 Å². The number of carbonyl (C=O) groups is 2. The smallest absolute Gasteiger partial charge is 0.310 e. The van der Waals surface area contributed by atoms with Gasteiger partial charge in [-0.3, -0.25) is 9.59 Å². The van der Waals surface area contributed by atoms with Gasteiger partial charge in [0.25, 0.3) is 0 Å². The predicted molar refractivity (Wildman–Crippen MR) is 38.5 cm³/mol. The van der Waals surface area contributed by atoms with Crippen LogP contribution in [0.1, 0.15) is 13.8 Å². The van der Waals surface area contributed by atoms with Crippen molar-refractivity contribution >= 4 is 23.5 Å². The Morgan fingerprint density at radius 2 is 1.60 bits per heavy atom.